The first kappa shape index (κ1) is 15.9. The van der Waals surface area contributed by atoms with Crippen LogP contribution in [-0.4, -0.2) is 23.1 Å². The van der Waals surface area contributed by atoms with Crippen molar-refractivity contribution in [2.45, 2.75) is 20.3 Å². The second-order valence-electron chi connectivity index (χ2n) is 5.47. The predicted molar refractivity (Wildman–Crippen MR) is 91.6 cm³/mol. The summed E-state index contributed by atoms with van der Waals surface area (Å²) >= 11 is 0. The third kappa shape index (κ3) is 2.79. The molecule has 1 aromatic carbocycles. The van der Waals surface area contributed by atoms with Crippen molar-refractivity contribution in [3.8, 4) is 17.6 Å². The second kappa shape index (κ2) is 6.63. The fraction of sp³-hybridized carbons (Fsp3) is 0.263. The van der Waals surface area contributed by atoms with E-state index in [0.717, 1.165) is 28.3 Å². The minimum Gasteiger partial charge on any atom is -0.493 e. The summed E-state index contributed by atoms with van der Waals surface area (Å²) in [5.41, 5.74) is 4.15. The fourth-order valence-corrected chi connectivity index (χ4v) is 2.83. The number of aromatic nitrogens is 2. The van der Waals surface area contributed by atoms with Crippen molar-refractivity contribution >= 4 is 5.65 Å². The Balaban J connectivity index is 2.01. The summed E-state index contributed by atoms with van der Waals surface area (Å²) in [6.45, 7) is 4.49. The van der Waals surface area contributed by atoms with E-state index in [9.17, 15) is 5.26 Å². The molecule has 0 saturated carbocycles. The number of aryl methyl sites for hydroxylation is 1. The molecule has 0 aliphatic rings. The van der Waals surface area contributed by atoms with Gasteiger partial charge in [0.15, 0.2) is 11.5 Å². The van der Waals surface area contributed by atoms with E-state index in [1.807, 2.05) is 54.6 Å². The van der Waals surface area contributed by atoms with E-state index in [-0.39, 0.29) is 0 Å². The van der Waals surface area contributed by atoms with Gasteiger partial charge in [0.05, 0.1) is 19.4 Å². The van der Waals surface area contributed by atoms with Crippen LogP contribution in [0.25, 0.3) is 5.65 Å². The molecule has 0 fully saturated rings. The van der Waals surface area contributed by atoms with E-state index in [1.54, 1.807) is 7.11 Å². The molecule has 5 heteroatoms. The van der Waals surface area contributed by atoms with Crippen LogP contribution in [0.15, 0.2) is 36.4 Å². The molecule has 0 amide bonds. The maximum absolute atomic E-state index is 9.57. The molecule has 0 unspecified atom stereocenters. The first-order chi connectivity index (χ1) is 11.7. The molecule has 3 aromatic rings. The monoisotopic (exact) mass is 321 g/mol. The summed E-state index contributed by atoms with van der Waals surface area (Å²) in [5.74, 6) is 1.41. The Bertz CT molecular complexity index is 922. The van der Waals surface area contributed by atoms with Gasteiger partial charge in [-0.3, -0.25) is 4.40 Å². The minimum absolute atomic E-state index is 0.562. The van der Waals surface area contributed by atoms with Gasteiger partial charge >= 0.3 is 0 Å². The minimum atomic E-state index is 0.562. The maximum Gasteiger partial charge on any atom is 0.161 e. The summed E-state index contributed by atoms with van der Waals surface area (Å²) in [6.07, 6.45) is 0.562. The van der Waals surface area contributed by atoms with Crippen LogP contribution >= 0.6 is 0 Å². The summed E-state index contributed by atoms with van der Waals surface area (Å²) in [7, 11) is 1.62. The Labute approximate surface area is 141 Å². The zero-order valence-corrected chi connectivity index (χ0v) is 14.0. The van der Waals surface area contributed by atoms with Gasteiger partial charge in [0.25, 0.3) is 0 Å². The average molecular weight is 321 g/mol. The van der Waals surface area contributed by atoms with Crippen molar-refractivity contribution in [1.82, 2.24) is 9.38 Å². The Hall–Kier alpha value is -3.00. The van der Waals surface area contributed by atoms with Crippen molar-refractivity contribution in [2.75, 3.05) is 13.7 Å². The highest BCUT2D eigenvalue weighted by Crippen LogP contribution is 2.29. The zero-order valence-electron chi connectivity index (χ0n) is 14.0. The lowest BCUT2D eigenvalue weighted by molar-refractivity contribution is 0.310. The van der Waals surface area contributed by atoms with Gasteiger partial charge in [0.2, 0.25) is 0 Å². The van der Waals surface area contributed by atoms with Gasteiger partial charge in [0.1, 0.15) is 17.4 Å². The molecular formula is C19H19N3O2. The molecule has 2 aromatic heterocycles. The molecule has 0 radical (unpaired) electrons. The average Bonchev–Trinajstić information content (AvgIpc) is 2.94. The van der Waals surface area contributed by atoms with Crippen LogP contribution in [0.3, 0.4) is 0 Å². The predicted octanol–water partition coefficient (Wildman–Crippen LogP) is 3.51. The summed E-state index contributed by atoms with van der Waals surface area (Å²) < 4.78 is 12.8. The first-order valence-electron chi connectivity index (χ1n) is 7.84. The third-order valence-corrected chi connectivity index (χ3v) is 3.92. The van der Waals surface area contributed by atoms with E-state index < -0.39 is 0 Å². The molecule has 5 nitrogen and oxygen atoms in total. The Morgan fingerprint density at radius 2 is 2.04 bits per heavy atom. The number of ether oxygens (including phenoxy) is 2. The summed E-state index contributed by atoms with van der Waals surface area (Å²) in [5, 5.41) is 9.57. The van der Waals surface area contributed by atoms with E-state index in [2.05, 4.69) is 11.1 Å². The van der Waals surface area contributed by atoms with Crippen LogP contribution in [0.1, 0.15) is 29.6 Å². The number of benzene rings is 1. The van der Waals surface area contributed by atoms with E-state index in [4.69, 9.17) is 9.47 Å². The molecule has 2 heterocycles. The number of fused-ring (bicyclic) bond motifs is 1. The number of pyridine rings is 1. The summed E-state index contributed by atoms with van der Waals surface area (Å²) in [4.78, 5) is 4.62. The Kier molecular flexibility index (Phi) is 4.39. The number of hydrogen-bond donors (Lipinski definition) is 0. The van der Waals surface area contributed by atoms with Gasteiger partial charge in [-0.1, -0.05) is 12.1 Å². The molecule has 0 N–H and O–H groups in total. The van der Waals surface area contributed by atoms with Gasteiger partial charge in [-0.05, 0) is 43.7 Å². The smallest absolute Gasteiger partial charge is 0.161 e. The number of nitriles is 1. The Morgan fingerprint density at radius 3 is 2.75 bits per heavy atom. The quantitative estimate of drug-likeness (QED) is 0.721. The van der Waals surface area contributed by atoms with Gasteiger partial charge < -0.3 is 9.47 Å². The number of methoxy groups -OCH3 is 1. The summed E-state index contributed by atoms with van der Waals surface area (Å²) in [6, 6.07) is 13.9. The molecule has 0 spiro atoms. The van der Waals surface area contributed by atoms with Crippen molar-refractivity contribution < 1.29 is 9.47 Å². The normalized spacial score (nSPS) is 10.6. The van der Waals surface area contributed by atoms with Gasteiger partial charge in [-0.15, -0.1) is 0 Å². The van der Waals surface area contributed by atoms with Crippen LogP contribution in [0, 0.1) is 18.3 Å². The van der Waals surface area contributed by atoms with Crippen LogP contribution < -0.4 is 9.47 Å². The molecule has 0 atom stereocenters. The van der Waals surface area contributed by atoms with Crippen LogP contribution in [0.4, 0.5) is 0 Å². The van der Waals surface area contributed by atoms with Crippen LogP contribution in [0.2, 0.25) is 0 Å². The highest BCUT2D eigenvalue weighted by Gasteiger charge is 2.14. The third-order valence-electron chi connectivity index (χ3n) is 3.92. The van der Waals surface area contributed by atoms with Crippen molar-refractivity contribution in [2.24, 2.45) is 0 Å². The molecule has 24 heavy (non-hydrogen) atoms. The van der Waals surface area contributed by atoms with E-state index in [0.29, 0.717) is 24.5 Å². The molecule has 122 valence electrons. The number of nitrogens with zero attached hydrogens (tertiary/aromatic N) is 3. The standard InChI is InChI=1S/C19H19N3O2/c1-4-24-17-9-8-14(11-18(17)23-3)10-15-16(12-20)22-13(2)6-5-7-19(22)21-15/h5-9,11H,4,10H2,1-3H3. The van der Waals surface area contributed by atoms with E-state index in [1.165, 1.54) is 0 Å². The lowest BCUT2D eigenvalue weighted by Crippen LogP contribution is -1.98. The lowest BCUT2D eigenvalue weighted by Gasteiger charge is -2.10. The SMILES string of the molecule is CCOc1ccc(Cc2nc3cccc(C)n3c2C#N)cc1OC. The van der Waals surface area contributed by atoms with Gasteiger partial charge in [-0.25, -0.2) is 4.98 Å². The molecule has 0 saturated heterocycles. The number of rotatable bonds is 5. The second-order valence-corrected chi connectivity index (χ2v) is 5.47. The largest absolute Gasteiger partial charge is 0.493 e. The van der Waals surface area contributed by atoms with E-state index >= 15 is 0 Å². The molecule has 3 rings (SSSR count). The van der Waals surface area contributed by atoms with Crippen molar-refractivity contribution in [1.29, 1.82) is 5.26 Å². The zero-order chi connectivity index (χ0) is 17.1. The first-order valence-corrected chi connectivity index (χ1v) is 7.84. The highest BCUT2D eigenvalue weighted by molar-refractivity contribution is 5.51. The van der Waals surface area contributed by atoms with Gasteiger partial charge in [-0.2, -0.15) is 5.26 Å². The Morgan fingerprint density at radius 1 is 1.21 bits per heavy atom. The molecule has 0 aliphatic carbocycles. The number of hydrogen-bond acceptors (Lipinski definition) is 4. The lowest BCUT2D eigenvalue weighted by atomic mass is 10.1. The van der Waals surface area contributed by atoms with Crippen molar-refractivity contribution in [3.05, 3.63) is 59.0 Å². The molecule has 0 bridgehead atoms. The highest BCUT2D eigenvalue weighted by atomic mass is 16.5. The maximum atomic E-state index is 9.57. The van der Waals surface area contributed by atoms with Gasteiger partial charge in [0, 0.05) is 12.1 Å². The number of imidazole rings is 1. The molecular weight excluding hydrogens is 302 g/mol. The fourth-order valence-electron chi connectivity index (χ4n) is 2.83. The van der Waals surface area contributed by atoms with Crippen LogP contribution in [-0.2, 0) is 6.42 Å². The van der Waals surface area contributed by atoms with Crippen LogP contribution in [0.5, 0.6) is 11.5 Å². The van der Waals surface area contributed by atoms with Crippen molar-refractivity contribution in [3.63, 3.8) is 0 Å². The molecule has 0 aliphatic heterocycles. The topological polar surface area (TPSA) is 59.5 Å².